The summed E-state index contributed by atoms with van der Waals surface area (Å²) in [6.45, 7) is 8.72. The molecule has 0 spiro atoms. The van der Waals surface area contributed by atoms with E-state index in [1.54, 1.807) is 0 Å². The first kappa shape index (κ1) is 21.9. The van der Waals surface area contributed by atoms with Crippen molar-refractivity contribution in [2.45, 2.75) is 51.2 Å². The van der Waals surface area contributed by atoms with Crippen LogP contribution in [0.3, 0.4) is 0 Å². The number of nitrogens with zero attached hydrogens (tertiary/aromatic N) is 2. The Morgan fingerprint density at radius 2 is 2.12 bits per heavy atom. The number of rotatable bonds is 9. The number of halogens is 1. The smallest absolute Gasteiger partial charge is 0.191 e. The third-order valence-corrected chi connectivity index (χ3v) is 4.58. The van der Waals surface area contributed by atoms with Crippen LogP contribution in [0.4, 0.5) is 0 Å². The van der Waals surface area contributed by atoms with Gasteiger partial charge in [0, 0.05) is 45.9 Å². The van der Waals surface area contributed by atoms with Crippen LogP contribution < -0.4 is 10.6 Å². The van der Waals surface area contributed by atoms with Crippen LogP contribution in [0, 0.1) is 0 Å². The van der Waals surface area contributed by atoms with Crippen LogP contribution in [-0.2, 0) is 9.47 Å². The molecule has 2 fully saturated rings. The Morgan fingerprint density at radius 3 is 2.92 bits per heavy atom. The second-order valence-electron chi connectivity index (χ2n) is 6.45. The van der Waals surface area contributed by atoms with Crippen LogP contribution in [-0.4, -0.2) is 76.1 Å². The Labute approximate surface area is 164 Å². The van der Waals surface area contributed by atoms with Crippen molar-refractivity contribution in [3.63, 3.8) is 0 Å². The summed E-state index contributed by atoms with van der Waals surface area (Å²) in [5.74, 6) is 0.853. The molecule has 7 heteroatoms. The van der Waals surface area contributed by atoms with Gasteiger partial charge in [-0.05, 0) is 32.2 Å². The molecular formula is C17H35IN4O2. The van der Waals surface area contributed by atoms with Crippen molar-refractivity contribution in [3.8, 4) is 0 Å². The van der Waals surface area contributed by atoms with E-state index in [0.29, 0.717) is 6.04 Å². The van der Waals surface area contributed by atoms with Crippen molar-refractivity contribution in [2.24, 2.45) is 4.99 Å². The molecule has 2 aliphatic heterocycles. The minimum atomic E-state index is 0. The number of nitrogens with one attached hydrogen (secondary N) is 2. The van der Waals surface area contributed by atoms with E-state index >= 15 is 0 Å². The molecule has 0 amide bonds. The van der Waals surface area contributed by atoms with Crippen molar-refractivity contribution in [3.05, 3.63) is 0 Å². The SMILES string of the molecule is CCCCOCCCNC(=NC)NCC1CN2CCCC2CO1.I. The molecule has 2 aliphatic rings. The Kier molecular flexibility index (Phi) is 12.0. The number of morpholine rings is 1. The van der Waals surface area contributed by atoms with Crippen molar-refractivity contribution in [2.75, 3.05) is 53.0 Å². The summed E-state index contributed by atoms with van der Waals surface area (Å²) < 4.78 is 11.5. The molecule has 2 atom stereocenters. The number of hydrogen-bond donors (Lipinski definition) is 2. The second-order valence-corrected chi connectivity index (χ2v) is 6.45. The molecule has 2 rings (SSSR count). The highest BCUT2D eigenvalue weighted by Crippen LogP contribution is 2.22. The van der Waals surface area contributed by atoms with Gasteiger partial charge in [0.05, 0.1) is 12.7 Å². The molecule has 2 N–H and O–H groups in total. The van der Waals surface area contributed by atoms with Gasteiger partial charge in [-0.1, -0.05) is 13.3 Å². The predicted molar refractivity (Wildman–Crippen MR) is 109 cm³/mol. The van der Waals surface area contributed by atoms with Gasteiger partial charge < -0.3 is 20.1 Å². The first-order valence-corrected chi connectivity index (χ1v) is 9.21. The van der Waals surface area contributed by atoms with Crippen LogP contribution in [0.25, 0.3) is 0 Å². The Morgan fingerprint density at radius 1 is 1.29 bits per heavy atom. The van der Waals surface area contributed by atoms with Gasteiger partial charge in [0.1, 0.15) is 0 Å². The van der Waals surface area contributed by atoms with Gasteiger partial charge in [0.25, 0.3) is 0 Å². The van der Waals surface area contributed by atoms with Crippen LogP contribution in [0.5, 0.6) is 0 Å². The summed E-state index contributed by atoms with van der Waals surface area (Å²) in [6, 6.07) is 0.663. The molecule has 142 valence electrons. The van der Waals surface area contributed by atoms with Crippen molar-refractivity contribution in [1.82, 2.24) is 15.5 Å². The Hall–Kier alpha value is -0.120. The lowest BCUT2D eigenvalue weighted by Gasteiger charge is -2.35. The summed E-state index contributed by atoms with van der Waals surface area (Å²) >= 11 is 0. The maximum Gasteiger partial charge on any atom is 0.191 e. The molecule has 2 unspecified atom stereocenters. The fraction of sp³-hybridized carbons (Fsp3) is 0.941. The number of guanidine groups is 1. The predicted octanol–water partition coefficient (Wildman–Crippen LogP) is 1.84. The normalized spacial score (nSPS) is 24.3. The number of aliphatic imine (C=N–C) groups is 1. The zero-order valence-electron chi connectivity index (χ0n) is 15.3. The van der Waals surface area contributed by atoms with Crippen LogP contribution >= 0.6 is 24.0 Å². The Balaban J connectivity index is 0.00000288. The quantitative estimate of drug-likeness (QED) is 0.241. The van der Waals surface area contributed by atoms with E-state index in [-0.39, 0.29) is 30.1 Å². The highest BCUT2D eigenvalue weighted by molar-refractivity contribution is 14.0. The maximum atomic E-state index is 5.96. The first-order chi connectivity index (χ1) is 11.3. The lowest BCUT2D eigenvalue weighted by Crippen LogP contribution is -2.51. The van der Waals surface area contributed by atoms with Crippen LogP contribution in [0.1, 0.15) is 39.0 Å². The highest BCUT2D eigenvalue weighted by Gasteiger charge is 2.31. The van der Waals surface area contributed by atoms with Gasteiger partial charge in [-0.2, -0.15) is 0 Å². The topological polar surface area (TPSA) is 58.1 Å². The second kappa shape index (κ2) is 13.1. The fourth-order valence-corrected chi connectivity index (χ4v) is 3.17. The van der Waals surface area contributed by atoms with E-state index in [1.807, 2.05) is 7.05 Å². The van der Waals surface area contributed by atoms with Gasteiger partial charge in [0.15, 0.2) is 5.96 Å². The van der Waals surface area contributed by atoms with E-state index < -0.39 is 0 Å². The van der Waals surface area contributed by atoms with Crippen molar-refractivity contribution >= 4 is 29.9 Å². The first-order valence-electron chi connectivity index (χ1n) is 9.21. The van der Waals surface area contributed by atoms with Crippen LogP contribution in [0.15, 0.2) is 4.99 Å². The third kappa shape index (κ3) is 7.84. The van der Waals surface area contributed by atoms with Gasteiger partial charge in [0.2, 0.25) is 0 Å². The van der Waals surface area contributed by atoms with E-state index in [0.717, 1.165) is 58.3 Å². The molecule has 0 aromatic heterocycles. The molecule has 6 nitrogen and oxygen atoms in total. The maximum absolute atomic E-state index is 5.96. The number of hydrogen-bond acceptors (Lipinski definition) is 4. The summed E-state index contributed by atoms with van der Waals surface area (Å²) in [7, 11) is 1.81. The number of unbranched alkanes of at least 4 members (excludes halogenated alkanes) is 1. The van der Waals surface area contributed by atoms with E-state index in [9.17, 15) is 0 Å². The largest absolute Gasteiger partial charge is 0.381 e. The molecule has 0 aromatic carbocycles. The minimum Gasteiger partial charge on any atom is -0.381 e. The summed E-state index contributed by atoms with van der Waals surface area (Å²) in [6.07, 6.45) is 6.22. The van der Waals surface area contributed by atoms with Gasteiger partial charge in [-0.25, -0.2) is 0 Å². The van der Waals surface area contributed by atoms with Crippen LogP contribution in [0.2, 0.25) is 0 Å². The zero-order valence-corrected chi connectivity index (χ0v) is 17.6. The van der Waals surface area contributed by atoms with Gasteiger partial charge in [-0.3, -0.25) is 9.89 Å². The molecule has 0 bridgehead atoms. The number of ether oxygens (including phenoxy) is 2. The van der Waals surface area contributed by atoms with Crippen molar-refractivity contribution in [1.29, 1.82) is 0 Å². The molecule has 24 heavy (non-hydrogen) atoms. The standard InChI is InChI=1S/C17H34N4O2.HI/c1-3-4-10-22-11-6-8-19-17(18-2)20-12-16-13-21-9-5-7-15(21)14-23-16;/h15-16H,3-14H2,1-2H3,(H2,18,19,20);1H. The fourth-order valence-electron chi connectivity index (χ4n) is 3.17. The Bertz CT molecular complexity index is 357. The average Bonchev–Trinajstić information content (AvgIpc) is 3.04. The zero-order chi connectivity index (χ0) is 16.3. The molecule has 0 aliphatic carbocycles. The molecule has 2 heterocycles. The monoisotopic (exact) mass is 454 g/mol. The average molecular weight is 454 g/mol. The lowest BCUT2D eigenvalue weighted by atomic mass is 10.2. The molecule has 0 radical (unpaired) electrons. The minimum absolute atomic E-state index is 0. The lowest BCUT2D eigenvalue weighted by molar-refractivity contribution is -0.0453. The van der Waals surface area contributed by atoms with Crippen molar-refractivity contribution < 1.29 is 9.47 Å². The summed E-state index contributed by atoms with van der Waals surface area (Å²) in [5, 5.41) is 6.71. The van der Waals surface area contributed by atoms with E-state index in [2.05, 4.69) is 27.4 Å². The molecule has 2 saturated heterocycles. The summed E-state index contributed by atoms with van der Waals surface area (Å²) in [5.41, 5.74) is 0. The van der Waals surface area contributed by atoms with E-state index in [4.69, 9.17) is 9.47 Å². The molecular weight excluding hydrogens is 419 g/mol. The van der Waals surface area contributed by atoms with Gasteiger partial charge >= 0.3 is 0 Å². The van der Waals surface area contributed by atoms with Gasteiger partial charge in [-0.15, -0.1) is 24.0 Å². The number of fused-ring (bicyclic) bond motifs is 1. The van der Waals surface area contributed by atoms with E-state index in [1.165, 1.54) is 25.8 Å². The summed E-state index contributed by atoms with van der Waals surface area (Å²) in [4.78, 5) is 6.84. The molecule has 0 aromatic rings. The third-order valence-electron chi connectivity index (χ3n) is 4.58. The highest BCUT2D eigenvalue weighted by atomic mass is 127. The molecule has 0 saturated carbocycles.